The molecule has 0 radical (unpaired) electrons. The quantitative estimate of drug-likeness (QED) is 0.720. The molecule has 0 unspecified atom stereocenters. The molecule has 2 rings (SSSR count). The Kier molecular flexibility index (Phi) is 5.56. The van der Waals surface area contributed by atoms with Gasteiger partial charge in [-0.05, 0) is 50.6 Å². The van der Waals surface area contributed by atoms with Crippen LogP contribution in [0.1, 0.15) is 31.2 Å². The molecule has 2 aromatic rings. The Bertz CT molecular complexity index is 540. The Labute approximate surface area is 134 Å². The molecule has 20 heavy (non-hydrogen) atoms. The van der Waals surface area contributed by atoms with Gasteiger partial charge < -0.3 is 5.32 Å². The lowest BCUT2D eigenvalue weighted by atomic mass is 10.1. The summed E-state index contributed by atoms with van der Waals surface area (Å²) in [5.74, 6) is 0.983. The SMILES string of the molecule is CC(C)(C)NCc1ccc(SCc2ccc(Cl)s2)cc1. The summed E-state index contributed by atoms with van der Waals surface area (Å²) in [7, 11) is 0. The maximum atomic E-state index is 5.94. The largest absolute Gasteiger partial charge is 0.308 e. The van der Waals surface area contributed by atoms with Gasteiger partial charge in [0.25, 0.3) is 0 Å². The fraction of sp³-hybridized carbons (Fsp3) is 0.375. The van der Waals surface area contributed by atoms with Crippen molar-refractivity contribution in [3.05, 3.63) is 51.2 Å². The van der Waals surface area contributed by atoms with Crippen molar-refractivity contribution in [2.24, 2.45) is 0 Å². The third kappa shape index (κ3) is 5.49. The molecule has 0 aliphatic carbocycles. The standard InChI is InChI=1S/C16H20ClNS2/c1-16(2,3)18-10-12-4-6-13(7-5-12)19-11-14-8-9-15(17)20-14/h4-9,18H,10-11H2,1-3H3. The zero-order valence-corrected chi connectivity index (χ0v) is 14.5. The highest BCUT2D eigenvalue weighted by atomic mass is 35.5. The van der Waals surface area contributed by atoms with E-state index in [0.29, 0.717) is 0 Å². The van der Waals surface area contributed by atoms with Crippen LogP contribution in [-0.2, 0) is 12.3 Å². The van der Waals surface area contributed by atoms with Crippen molar-refractivity contribution < 1.29 is 0 Å². The highest BCUT2D eigenvalue weighted by Gasteiger charge is 2.08. The molecule has 0 saturated heterocycles. The molecule has 4 heteroatoms. The lowest BCUT2D eigenvalue weighted by molar-refractivity contribution is 0.424. The Hall–Kier alpha value is -0.480. The van der Waals surface area contributed by atoms with Gasteiger partial charge in [-0.15, -0.1) is 23.1 Å². The fourth-order valence-corrected chi connectivity index (χ4v) is 3.68. The van der Waals surface area contributed by atoms with Crippen LogP contribution in [0.15, 0.2) is 41.3 Å². The van der Waals surface area contributed by atoms with Crippen LogP contribution in [0.5, 0.6) is 0 Å². The third-order valence-electron chi connectivity index (χ3n) is 2.76. The van der Waals surface area contributed by atoms with Crippen LogP contribution >= 0.6 is 34.7 Å². The lowest BCUT2D eigenvalue weighted by Gasteiger charge is -2.20. The summed E-state index contributed by atoms with van der Waals surface area (Å²) in [5.41, 5.74) is 1.48. The molecule has 1 nitrogen and oxygen atoms in total. The van der Waals surface area contributed by atoms with Crippen LogP contribution in [0.25, 0.3) is 0 Å². The van der Waals surface area contributed by atoms with Gasteiger partial charge in [0.1, 0.15) is 0 Å². The van der Waals surface area contributed by atoms with Crippen molar-refractivity contribution in [3.8, 4) is 0 Å². The molecule has 0 atom stereocenters. The van der Waals surface area contributed by atoms with E-state index in [1.165, 1.54) is 15.3 Å². The summed E-state index contributed by atoms with van der Waals surface area (Å²) >= 11 is 9.44. The Morgan fingerprint density at radius 1 is 1.10 bits per heavy atom. The molecule has 1 aromatic carbocycles. The van der Waals surface area contributed by atoms with E-state index in [4.69, 9.17) is 11.6 Å². The van der Waals surface area contributed by atoms with Gasteiger partial charge in [-0.25, -0.2) is 0 Å². The van der Waals surface area contributed by atoms with Crippen molar-refractivity contribution >= 4 is 34.7 Å². The zero-order valence-electron chi connectivity index (χ0n) is 12.1. The molecule has 0 saturated carbocycles. The Morgan fingerprint density at radius 3 is 2.35 bits per heavy atom. The second kappa shape index (κ2) is 6.99. The van der Waals surface area contributed by atoms with Crippen molar-refractivity contribution in [2.45, 2.75) is 43.5 Å². The van der Waals surface area contributed by atoms with Gasteiger partial charge in [-0.2, -0.15) is 0 Å². The van der Waals surface area contributed by atoms with Crippen molar-refractivity contribution in [3.63, 3.8) is 0 Å². The normalized spacial score (nSPS) is 11.8. The third-order valence-corrected chi connectivity index (χ3v) is 5.23. The molecule has 1 N–H and O–H groups in total. The number of rotatable bonds is 5. The van der Waals surface area contributed by atoms with Gasteiger partial charge in [-0.3, -0.25) is 0 Å². The number of halogens is 1. The first kappa shape index (κ1) is 15.9. The summed E-state index contributed by atoms with van der Waals surface area (Å²) < 4.78 is 0.865. The molecule has 1 heterocycles. The molecule has 0 fully saturated rings. The monoisotopic (exact) mass is 325 g/mol. The minimum Gasteiger partial charge on any atom is -0.308 e. The van der Waals surface area contributed by atoms with E-state index in [0.717, 1.165) is 16.6 Å². The summed E-state index contributed by atoms with van der Waals surface area (Å²) in [4.78, 5) is 2.62. The van der Waals surface area contributed by atoms with Crippen molar-refractivity contribution in [1.29, 1.82) is 0 Å². The van der Waals surface area contributed by atoms with Gasteiger partial charge in [-0.1, -0.05) is 23.7 Å². The zero-order chi connectivity index (χ0) is 14.6. The average molecular weight is 326 g/mol. The van der Waals surface area contributed by atoms with Crippen LogP contribution in [-0.4, -0.2) is 5.54 Å². The van der Waals surface area contributed by atoms with E-state index >= 15 is 0 Å². The molecule has 0 aliphatic rings. The summed E-state index contributed by atoms with van der Waals surface area (Å²) in [6.45, 7) is 7.46. The van der Waals surface area contributed by atoms with Gasteiger partial charge in [0.05, 0.1) is 4.34 Å². The Morgan fingerprint density at radius 2 is 1.80 bits per heavy atom. The maximum Gasteiger partial charge on any atom is 0.0931 e. The Balaban J connectivity index is 1.85. The molecule has 0 bridgehead atoms. The number of thiophene rings is 1. The highest BCUT2D eigenvalue weighted by molar-refractivity contribution is 7.98. The van der Waals surface area contributed by atoms with Gasteiger partial charge in [0, 0.05) is 27.6 Å². The molecular weight excluding hydrogens is 306 g/mol. The van der Waals surface area contributed by atoms with E-state index in [1.807, 2.05) is 17.8 Å². The predicted molar refractivity (Wildman–Crippen MR) is 91.9 cm³/mol. The minimum atomic E-state index is 0.159. The topological polar surface area (TPSA) is 12.0 Å². The van der Waals surface area contributed by atoms with E-state index in [9.17, 15) is 0 Å². The summed E-state index contributed by atoms with van der Waals surface area (Å²) in [5, 5.41) is 3.50. The van der Waals surface area contributed by atoms with Crippen LogP contribution < -0.4 is 5.32 Å². The molecule has 1 aromatic heterocycles. The first-order chi connectivity index (χ1) is 9.42. The van der Waals surface area contributed by atoms with E-state index < -0.39 is 0 Å². The van der Waals surface area contributed by atoms with E-state index in [2.05, 4.69) is 56.4 Å². The second-order valence-corrected chi connectivity index (χ2v) is 8.59. The molecule has 108 valence electrons. The predicted octanol–water partition coefficient (Wildman–Crippen LogP) is 5.58. The fourth-order valence-electron chi connectivity index (χ4n) is 1.65. The first-order valence-electron chi connectivity index (χ1n) is 6.63. The number of thioether (sulfide) groups is 1. The maximum absolute atomic E-state index is 5.94. The van der Waals surface area contributed by atoms with Crippen molar-refractivity contribution in [1.82, 2.24) is 5.32 Å². The smallest absolute Gasteiger partial charge is 0.0931 e. The van der Waals surface area contributed by atoms with Gasteiger partial charge >= 0.3 is 0 Å². The van der Waals surface area contributed by atoms with Gasteiger partial charge in [0.2, 0.25) is 0 Å². The minimum absolute atomic E-state index is 0.159. The molecule has 0 aliphatic heterocycles. The van der Waals surface area contributed by atoms with E-state index in [-0.39, 0.29) is 5.54 Å². The van der Waals surface area contributed by atoms with Crippen LogP contribution in [0.2, 0.25) is 4.34 Å². The van der Waals surface area contributed by atoms with Gasteiger partial charge in [0.15, 0.2) is 0 Å². The molecule has 0 spiro atoms. The van der Waals surface area contributed by atoms with Crippen LogP contribution in [0.3, 0.4) is 0 Å². The van der Waals surface area contributed by atoms with E-state index in [1.54, 1.807) is 11.3 Å². The number of hydrogen-bond donors (Lipinski definition) is 1. The first-order valence-corrected chi connectivity index (χ1v) is 8.81. The summed E-state index contributed by atoms with van der Waals surface area (Å²) in [6.07, 6.45) is 0. The second-order valence-electron chi connectivity index (χ2n) is 5.74. The van der Waals surface area contributed by atoms with Crippen molar-refractivity contribution in [2.75, 3.05) is 0 Å². The van der Waals surface area contributed by atoms with Crippen LogP contribution in [0.4, 0.5) is 0 Å². The molecular formula is C16H20ClNS2. The average Bonchev–Trinajstić information content (AvgIpc) is 2.80. The summed E-state index contributed by atoms with van der Waals surface area (Å²) in [6, 6.07) is 12.8. The lowest BCUT2D eigenvalue weighted by Crippen LogP contribution is -2.35. The number of hydrogen-bond acceptors (Lipinski definition) is 3. The molecule has 0 amide bonds. The highest BCUT2D eigenvalue weighted by Crippen LogP contribution is 2.29. The number of nitrogens with one attached hydrogen (secondary N) is 1. The number of benzene rings is 1. The van der Waals surface area contributed by atoms with Crippen LogP contribution in [0, 0.1) is 0 Å².